The van der Waals surface area contributed by atoms with Crippen molar-refractivity contribution in [3.8, 4) is 0 Å². The SMILES string of the molecule is CCC(SC1CCCCC1)C(=O)Nc1cc(C)cc(C)c1. The minimum absolute atomic E-state index is 0.0777. The van der Waals surface area contributed by atoms with E-state index in [1.165, 1.54) is 43.2 Å². The van der Waals surface area contributed by atoms with E-state index in [1.54, 1.807) is 0 Å². The zero-order valence-corrected chi connectivity index (χ0v) is 14.3. The molecule has 1 amide bonds. The summed E-state index contributed by atoms with van der Waals surface area (Å²) < 4.78 is 0. The van der Waals surface area contributed by atoms with Gasteiger partial charge in [0.1, 0.15) is 0 Å². The van der Waals surface area contributed by atoms with Crippen molar-refractivity contribution < 1.29 is 4.79 Å². The molecule has 1 aromatic rings. The van der Waals surface area contributed by atoms with Crippen molar-refractivity contribution in [2.45, 2.75) is 69.8 Å². The molecule has 1 atom stereocenters. The molecule has 116 valence electrons. The summed E-state index contributed by atoms with van der Waals surface area (Å²) in [6.07, 6.45) is 7.47. The molecule has 0 aliphatic heterocycles. The van der Waals surface area contributed by atoms with Gasteiger partial charge < -0.3 is 5.32 Å². The number of carbonyl (C=O) groups is 1. The number of hydrogen-bond acceptors (Lipinski definition) is 2. The van der Waals surface area contributed by atoms with Crippen LogP contribution in [0.4, 0.5) is 5.69 Å². The Labute approximate surface area is 133 Å². The number of benzene rings is 1. The third kappa shape index (κ3) is 5.06. The molecule has 3 heteroatoms. The smallest absolute Gasteiger partial charge is 0.237 e. The third-order valence-corrected chi connectivity index (χ3v) is 5.79. The van der Waals surface area contributed by atoms with Gasteiger partial charge in [-0.1, -0.05) is 32.3 Å². The van der Waals surface area contributed by atoms with Gasteiger partial charge in [0.15, 0.2) is 0 Å². The maximum atomic E-state index is 12.5. The summed E-state index contributed by atoms with van der Waals surface area (Å²) in [5.74, 6) is 0.165. The lowest BCUT2D eigenvalue weighted by Crippen LogP contribution is -2.27. The fraction of sp³-hybridized carbons (Fsp3) is 0.611. The number of amides is 1. The van der Waals surface area contributed by atoms with Gasteiger partial charge in [0.2, 0.25) is 5.91 Å². The van der Waals surface area contributed by atoms with Gasteiger partial charge in [-0.2, -0.15) is 0 Å². The predicted molar refractivity (Wildman–Crippen MR) is 93.1 cm³/mol. The first kappa shape index (κ1) is 16.4. The maximum absolute atomic E-state index is 12.5. The summed E-state index contributed by atoms with van der Waals surface area (Å²) in [7, 11) is 0. The molecule has 0 saturated heterocycles. The predicted octanol–water partition coefficient (Wildman–Crippen LogP) is 5.09. The van der Waals surface area contributed by atoms with Crippen LogP contribution in [0.25, 0.3) is 0 Å². The summed E-state index contributed by atoms with van der Waals surface area (Å²) in [5.41, 5.74) is 3.32. The van der Waals surface area contributed by atoms with Gasteiger partial charge in [-0.05, 0) is 56.4 Å². The van der Waals surface area contributed by atoms with Crippen LogP contribution < -0.4 is 5.32 Å². The van der Waals surface area contributed by atoms with Crippen LogP contribution in [0.1, 0.15) is 56.6 Å². The molecule has 2 rings (SSSR count). The van der Waals surface area contributed by atoms with E-state index in [2.05, 4.69) is 32.2 Å². The molecule has 1 N–H and O–H groups in total. The molecule has 1 aliphatic carbocycles. The topological polar surface area (TPSA) is 29.1 Å². The minimum Gasteiger partial charge on any atom is -0.325 e. The van der Waals surface area contributed by atoms with Crippen molar-refractivity contribution in [2.24, 2.45) is 0 Å². The van der Waals surface area contributed by atoms with Crippen LogP contribution >= 0.6 is 11.8 Å². The fourth-order valence-electron chi connectivity index (χ4n) is 3.05. The number of carbonyl (C=O) groups excluding carboxylic acids is 1. The van der Waals surface area contributed by atoms with E-state index in [4.69, 9.17) is 0 Å². The molecule has 0 aromatic heterocycles. The number of rotatable bonds is 5. The molecular weight excluding hydrogens is 278 g/mol. The molecule has 0 heterocycles. The summed E-state index contributed by atoms with van der Waals surface area (Å²) in [6.45, 7) is 6.25. The highest BCUT2D eigenvalue weighted by Gasteiger charge is 2.23. The van der Waals surface area contributed by atoms with Gasteiger partial charge >= 0.3 is 0 Å². The number of aryl methyl sites for hydroxylation is 2. The van der Waals surface area contributed by atoms with E-state index >= 15 is 0 Å². The lowest BCUT2D eigenvalue weighted by atomic mass is 10.0. The Morgan fingerprint density at radius 3 is 2.38 bits per heavy atom. The van der Waals surface area contributed by atoms with Gasteiger partial charge in [0, 0.05) is 10.9 Å². The minimum atomic E-state index is 0.0777. The summed E-state index contributed by atoms with van der Waals surface area (Å²) in [4.78, 5) is 12.5. The number of thioether (sulfide) groups is 1. The molecule has 2 nitrogen and oxygen atoms in total. The molecular formula is C18H27NOS. The second kappa shape index (κ2) is 7.88. The Morgan fingerprint density at radius 2 is 1.81 bits per heavy atom. The monoisotopic (exact) mass is 305 g/mol. The van der Waals surface area contributed by atoms with E-state index < -0.39 is 0 Å². The molecule has 1 saturated carbocycles. The van der Waals surface area contributed by atoms with Crippen LogP contribution in [0.5, 0.6) is 0 Å². The van der Waals surface area contributed by atoms with Crippen LogP contribution in [-0.2, 0) is 4.79 Å². The Kier molecular flexibility index (Phi) is 6.16. The van der Waals surface area contributed by atoms with Crippen LogP contribution in [0.2, 0.25) is 0 Å². The first-order chi connectivity index (χ1) is 10.1. The second-order valence-corrected chi connectivity index (χ2v) is 7.67. The van der Waals surface area contributed by atoms with Crippen LogP contribution in [0.15, 0.2) is 18.2 Å². The van der Waals surface area contributed by atoms with Gasteiger partial charge in [0.05, 0.1) is 5.25 Å². The van der Waals surface area contributed by atoms with Crippen LogP contribution in [0, 0.1) is 13.8 Å². The summed E-state index contributed by atoms with van der Waals surface area (Å²) in [6, 6.07) is 6.22. The van der Waals surface area contributed by atoms with Crippen molar-refractivity contribution in [3.05, 3.63) is 29.3 Å². The average molecular weight is 305 g/mol. The number of hydrogen-bond donors (Lipinski definition) is 1. The summed E-state index contributed by atoms with van der Waals surface area (Å²) in [5, 5.41) is 3.86. The Morgan fingerprint density at radius 1 is 1.19 bits per heavy atom. The Balaban J connectivity index is 1.95. The zero-order valence-electron chi connectivity index (χ0n) is 13.4. The standard InChI is InChI=1S/C18H27NOS/c1-4-17(21-16-8-6-5-7-9-16)18(20)19-15-11-13(2)10-14(3)12-15/h10-12,16-17H,4-9H2,1-3H3,(H,19,20). The first-order valence-corrected chi connectivity index (χ1v) is 9.07. The van der Waals surface area contributed by atoms with Crippen LogP contribution in [-0.4, -0.2) is 16.4 Å². The molecule has 1 aromatic carbocycles. The third-order valence-electron chi connectivity index (χ3n) is 4.06. The lowest BCUT2D eigenvalue weighted by Gasteiger charge is -2.25. The van der Waals surface area contributed by atoms with Gasteiger partial charge in [-0.25, -0.2) is 0 Å². The number of nitrogens with one attached hydrogen (secondary N) is 1. The fourth-order valence-corrected chi connectivity index (χ4v) is 4.49. The maximum Gasteiger partial charge on any atom is 0.237 e. The number of anilines is 1. The molecule has 0 spiro atoms. The Hall–Kier alpha value is -0.960. The average Bonchev–Trinajstić information content (AvgIpc) is 2.44. The quantitative estimate of drug-likeness (QED) is 0.821. The second-order valence-electron chi connectivity index (χ2n) is 6.16. The van der Waals surface area contributed by atoms with Crippen molar-refractivity contribution >= 4 is 23.4 Å². The summed E-state index contributed by atoms with van der Waals surface area (Å²) >= 11 is 1.89. The Bertz CT molecular complexity index is 460. The van der Waals surface area contributed by atoms with E-state index in [1.807, 2.05) is 23.9 Å². The zero-order chi connectivity index (χ0) is 15.2. The van der Waals surface area contributed by atoms with Crippen molar-refractivity contribution in [1.82, 2.24) is 0 Å². The van der Waals surface area contributed by atoms with E-state index in [-0.39, 0.29) is 11.2 Å². The highest BCUT2D eigenvalue weighted by atomic mass is 32.2. The molecule has 0 radical (unpaired) electrons. The molecule has 1 unspecified atom stereocenters. The van der Waals surface area contributed by atoms with Crippen molar-refractivity contribution in [1.29, 1.82) is 0 Å². The van der Waals surface area contributed by atoms with E-state index in [0.29, 0.717) is 5.25 Å². The molecule has 1 fully saturated rings. The highest BCUT2D eigenvalue weighted by molar-refractivity contribution is 8.01. The molecule has 0 bridgehead atoms. The first-order valence-electron chi connectivity index (χ1n) is 8.13. The van der Waals surface area contributed by atoms with Gasteiger partial charge in [-0.3, -0.25) is 4.79 Å². The van der Waals surface area contributed by atoms with E-state index in [9.17, 15) is 4.79 Å². The molecule has 21 heavy (non-hydrogen) atoms. The van der Waals surface area contributed by atoms with Gasteiger partial charge in [0.25, 0.3) is 0 Å². The normalized spacial score (nSPS) is 17.5. The molecule has 1 aliphatic rings. The van der Waals surface area contributed by atoms with Crippen molar-refractivity contribution in [3.63, 3.8) is 0 Å². The van der Waals surface area contributed by atoms with E-state index in [0.717, 1.165) is 12.1 Å². The van der Waals surface area contributed by atoms with Crippen LogP contribution in [0.3, 0.4) is 0 Å². The largest absolute Gasteiger partial charge is 0.325 e. The van der Waals surface area contributed by atoms with Crippen molar-refractivity contribution in [2.75, 3.05) is 5.32 Å². The highest BCUT2D eigenvalue weighted by Crippen LogP contribution is 2.32. The lowest BCUT2D eigenvalue weighted by molar-refractivity contribution is -0.115. The van der Waals surface area contributed by atoms with Gasteiger partial charge in [-0.15, -0.1) is 11.8 Å².